The maximum Gasteiger partial charge on any atom is 0.220 e. The Kier molecular flexibility index (Phi) is 5.04. The van der Waals surface area contributed by atoms with Gasteiger partial charge in [-0.3, -0.25) is 4.79 Å². The molecule has 0 aromatic carbocycles. The van der Waals surface area contributed by atoms with Crippen molar-refractivity contribution in [3.63, 3.8) is 0 Å². The Morgan fingerprint density at radius 3 is 2.72 bits per heavy atom. The fourth-order valence-corrected chi connectivity index (χ4v) is 3.60. The fraction of sp³-hybridized carbons (Fsp3) is 0.933. The molecule has 0 saturated heterocycles. The summed E-state index contributed by atoms with van der Waals surface area (Å²) in [5.41, 5.74) is 0. The molecule has 2 aliphatic carbocycles. The zero-order chi connectivity index (χ0) is 13.0. The van der Waals surface area contributed by atoms with Gasteiger partial charge in [0.2, 0.25) is 5.91 Å². The molecule has 0 aliphatic heterocycles. The van der Waals surface area contributed by atoms with Crippen molar-refractivity contribution in [3.05, 3.63) is 0 Å². The van der Waals surface area contributed by atoms with E-state index < -0.39 is 0 Å². The molecule has 0 radical (unpaired) electrons. The molecule has 3 nitrogen and oxygen atoms in total. The third-order valence-electron chi connectivity index (χ3n) is 4.58. The lowest BCUT2D eigenvalue weighted by Crippen LogP contribution is -2.32. The molecular formula is C15H28N2O. The van der Waals surface area contributed by atoms with Crippen molar-refractivity contribution < 1.29 is 4.79 Å². The van der Waals surface area contributed by atoms with Crippen LogP contribution in [0, 0.1) is 17.8 Å². The molecule has 3 atom stereocenters. The monoisotopic (exact) mass is 252 g/mol. The van der Waals surface area contributed by atoms with E-state index in [1.54, 1.807) is 0 Å². The van der Waals surface area contributed by atoms with Crippen LogP contribution < -0.4 is 10.6 Å². The lowest BCUT2D eigenvalue weighted by molar-refractivity contribution is -0.121. The van der Waals surface area contributed by atoms with Crippen LogP contribution in [0.15, 0.2) is 0 Å². The molecule has 2 bridgehead atoms. The molecule has 104 valence electrons. The van der Waals surface area contributed by atoms with Crippen LogP contribution in [-0.2, 0) is 4.79 Å². The molecule has 1 amide bonds. The summed E-state index contributed by atoms with van der Waals surface area (Å²) in [7, 11) is 0. The maximum absolute atomic E-state index is 11.7. The topological polar surface area (TPSA) is 41.1 Å². The Morgan fingerprint density at radius 2 is 2.11 bits per heavy atom. The van der Waals surface area contributed by atoms with E-state index in [2.05, 4.69) is 24.5 Å². The van der Waals surface area contributed by atoms with Crippen LogP contribution in [0.4, 0.5) is 0 Å². The van der Waals surface area contributed by atoms with E-state index >= 15 is 0 Å². The Balaban J connectivity index is 1.52. The van der Waals surface area contributed by atoms with E-state index in [1.165, 1.54) is 25.7 Å². The van der Waals surface area contributed by atoms with Crippen LogP contribution in [0.2, 0.25) is 0 Å². The number of carbonyl (C=O) groups is 1. The first-order chi connectivity index (χ1) is 8.65. The van der Waals surface area contributed by atoms with E-state index in [0.717, 1.165) is 37.3 Å². The summed E-state index contributed by atoms with van der Waals surface area (Å²) in [6, 6.07) is 0.516. The predicted octanol–water partition coefficient (Wildman–Crippen LogP) is 2.32. The molecule has 2 N–H and O–H groups in total. The second-order valence-corrected chi connectivity index (χ2v) is 6.45. The van der Waals surface area contributed by atoms with Crippen molar-refractivity contribution in [2.75, 3.05) is 13.1 Å². The van der Waals surface area contributed by atoms with Gasteiger partial charge in [-0.2, -0.15) is 0 Å². The maximum atomic E-state index is 11.7. The van der Waals surface area contributed by atoms with E-state index in [4.69, 9.17) is 0 Å². The number of fused-ring (bicyclic) bond motifs is 2. The third kappa shape index (κ3) is 3.98. The highest BCUT2D eigenvalue weighted by Gasteiger charge is 2.39. The summed E-state index contributed by atoms with van der Waals surface area (Å²) in [5, 5.41) is 6.47. The van der Waals surface area contributed by atoms with Crippen molar-refractivity contribution in [2.45, 2.75) is 58.4 Å². The number of hydrogen-bond donors (Lipinski definition) is 2. The number of rotatable bonds is 7. The Labute approximate surface area is 111 Å². The van der Waals surface area contributed by atoms with Gasteiger partial charge in [0, 0.05) is 19.0 Å². The van der Waals surface area contributed by atoms with E-state index in [0.29, 0.717) is 12.5 Å². The number of nitrogens with one attached hydrogen (secondary N) is 2. The first-order valence-corrected chi connectivity index (χ1v) is 7.65. The van der Waals surface area contributed by atoms with Gasteiger partial charge in [0.05, 0.1) is 0 Å². The highest BCUT2D eigenvalue weighted by atomic mass is 16.1. The summed E-state index contributed by atoms with van der Waals surface area (Å²) < 4.78 is 0. The van der Waals surface area contributed by atoms with Gasteiger partial charge in [0.25, 0.3) is 0 Å². The second-order valence-electron chi connectivity index (χ2n) is 6.45. The highest BCUT2D eigenvalue weighted by Crippen LogP contribution is 2.47. The van der Waals surface area contributed by atoms with Crippen LogP contribution in [0.1, 0.15) is 52.4 Å². The number of hydrogen-bond acceptors (Lipinski definition) is 2. The minimum Gasteiger partial charge on any atom is -0.356 e. The van der Waals surface area contributed by atoms with Gasteiger partial charge in [0.1, 0.15) is 0 Å². The van der Waals surface area contributed by atoms with Crippen LogP contribution in [0.3, 0.4) is 0 Å². The first kappa shape index (κ1) is 13.9. The van der Waals surface area contributed by atoms with E-state index in [9.17, 15) is 4.79 Å². The SMILES string of the molecule is CC(C)NCCCC(=O)NCC1CC2CCC1C2. The first-order valence-electron chi connectivity index (χ1n) is 7.65. The largest absolute Gasteiger partial charge is 0.356 e. The minimum absolute atomic E-state index is 0.239. The molecule has 0 heterocycles. The quantitative estimate of drug-likeness (QED) is 0.683. The van der Waals surface area contributed by atoms with Gasteiger partial charge in [-0.05, 0) is 50.0 Å². The summed E-state index contributed by atoms with van der Waals surface area (Å²) >= 11 is 0. The Bertz CT molecular complexity index is 278. The zero-order valence-electron chi connectivity index (χ0n) is 11.9. The number of carbonyl (C=O) groups excluding carboxylic acids is 1. The molecule has 3 heteroatoms. The van der Waals surface area contributed by atoms with Crippen molar-refractivity contribution in [1.29, 1.82) is 0 Å². The predicted molar refractivity (Wildman–Crippen MR) is 74.3 cm³/mol. The molecule has 2 rings (SSSR count). The molecule has 2 saturated carbocycles. The van der Waals surface area contributed by atoms with Gasteiger partial charge >= 0.3 is 0 Å². The van der Waals surface area contributed by atoms with Gasteiger partial charge in [-0.15, -0.1) is 0 Å². The molecule has 0 aromatic heterocycles. The Hall–Kier alpha value is -0.570. The lowest BCUT2D eigenvalue weighted by atomic mass is 9.89. The normalized spacial score (nSPS) is 30.1. The van der Waals surface area contributed by atoms with Crippen molar-refractivity contribution >= 4 is 5.91 Å². The standard InChI is InChI=1S/C15H28N2O/c1-11(2)16-7-3-4-15(18)17-10-14-9-12-5-6-13(14)8-12/h11-14,16H,3-10H2,1-2H3,(H,17,18). The van der Waals surface area contributed by atoms with Crippen LogP contribution in [0.25, 0.3) is 0 Å². The average molecular weight is 252 g/mol. The summed E-state index contributed by atoms with van der Waals surface area (Å²) in [6.45, 7) is 6.14. The van der Waals surface area contributed by atoms with E-state index in [1.807, 2.05) is 0 Å². The van der Waals surface area contributed by atoms with Crippen molar-refractivity contribution in [3.8, 4) is 0 Å². The van der Waals surface area contributed by atoms with E-state index in [-0.39, 0.29) is 5.91 Å². The van der Waals surface area contributed by atoms with Crippen molar-refractivity contribution in [2.24, 2.45) is 17.8 Å². The minimum atomic E-state index is 0.239. The Morgan fingerprint density at radius 1 is 1.28 bits per heavy atom. The molecule has 0 spiro atoms. The summed E-state index contributed by atoms with van der Waals surface area (Å²) in [4.78, 5) is 11.7. The molecule has 0 aromatic rings. The molecular weight excluding hydrogens is 224 g/mol. The summed E-state index contributed by atoms with van der Waals surface area (Å²) in [5.74, 6) is 2.91. The van der Waals surface area contributed by atoms with Gasteiger partial charge in [0.15, 0.2) is 0 Å². The van der Waals surface area contributed by atoms with Crippen LogP contribution in [0.5, 0.6) is 0 Å². The van der Waals surface area contributed by atoms with Gasteiger partial charge in [-0.25, -0.2) is 0 Å². The molecule has 2 fully saturated rings. The lowest BCUT2D eigenvalue weighted by Gasteiger charge is -2.21. The number of amides is 1. The van der Waals surface area contributed by atoms with Gasteiger partial charge < -0.3 is 10.6 Å². The zero-order valence-corrected chi connectivity index (χ0v) is 11.9. The second kappa shape index (κ2) is 6.55. The smallest absolute Gasteiger partial charge is 0.220 e. The fourth-order valence-electron chi connectivity index (χ4n) is 3.60. The summed E-state index contributed by atoms with van der Waals surface area (Å²) in [6.07, 6.45) is 7.25. The van der Waals surface area contributed by atoms with Gasteiger partial charge in [-0.1, -0.05) is 20.3 Å². The molecule has 2 aliphatic rings. The van der Waals surface area contributed by atoms with Crippen LogP contribution >= 0.6 is 0 Å². The third-order valence-corrected chi connectivity index (χ3v) is 4.58. The highest BCUT2D eigenvalue weighted by molar-refractivity contribution is 5.75. The molecule has 3 unspecified atom stereocenters. The average Bonchev–Trinajstić information content (AvgIpc) is 2.93. The van der Waals surface area contributed by atoms with Crippen molar-refractivity contribution in [1.82, 2.24) is 10.6 Å². The molecule has 18 heavy (non-hydrogen) atoms. The van der Waals surface area contributed by atoms with Crippen LogP contribution in [-0.4, -0.2) is 25.0 Å².